The van der Waals surface area contributed by atoms with Crippen LogP contribution in [0.1, 0.15) is 53.9 Å². The molecule has 0 radical (unpaired) electrons. The number of alkyl halides is 1. The van der Waals surface area contributed by atoms with Crippen molar-refractivity contribution in [2.24, 2.45) is 5.92 Å². The minimum atomic E-state index is -1.29. The van der Waals surface area contributed by atoms with Gasteiger partial charge in [-0.3, -0.25) is 5.01 Å². The van der Waals surface area contributed by atoms with E-state index in [4.69, 9.17) is 4.74 Å². The lowest BCUT2D eigenvalue weighted by molar-refractivity contribution is -0.137. The van der Waals surface area contributed by atoms with Crippen LogP contribution < -0.4 is 5.32 Å². The Morgan fingerprint density at radius 2 is 1.83 bits per heavy atom. The average molecular weight is 523 g/mol. The molecule has 164 valence electrons. The Hall–Kier alpha value is -1.56. The molecule has 1 aliphatic heterocycles. The third kappa shape index (κ3) is 5.14. The molecule has 1 saturated carbocycles. The van der Waals surface area contributed by atoms with E-state index in [0.717, 1.165) is 12.8 Å². The number of hydrazine groups is 1. The van der Waals surface area contributed by atoms with Crippen LogP contribution in [0.3, 0.4) is 0 Å². The number of carbonyl (C=O) groups is 3. The second-order valence-corrected chi connectivity index (χ2v) is 10.1. The molecular weight excluding hydrogens is 493 g/mol. The Bertz CT molecular complexity index is 715. The van der Waals surface area contributed by atoms with Gasteiger partial charge in [0.15, 0.2) is 5.70 Å². The van der Waals surface area contributed by atoms with Gasteiger partial charge in [0.1, 0.15) is 14.7 Å². The van der Waals surface area contributed by atoms with Crippen LogP contribution in [0.15, 0.2) is 11.3 Å². The molecule has 0 aromatic carbocycles. The lowest BCUT2D eigenvalue weighted by Crippen LogP contribution is -2.54. The molecule has 2 atom stereocenters. The van der Waals surface area contributed by atoms with Crippen molar-refractivity contribution in [3.63, 3.8) is 0 Å². The largest absolute Gasteiger partial charge is 0.478 e. The summed E-state index contributed by atoms with van der Waals surface area (Å²) in [5.41, 5.74) is -1.03. The fourth-order valence-electron chi connectivity index (χ4n) is 3.66. The van der Waals surface area contributed by atoms with Crippen LogP contribution in [0, 0.1) is 5.92 Å². The first kappa shape index (κ1) is 23.7. The minimum absolute atomic E-state index is 0.137. The average Bonchev–Trinajstić information content (AvgIpc) is 3.37. The molecule has 1 aliphatic carbocycles. The first-order valence-corrected chi connectivity index (χ1v) is 10.9. The molecule has 0 saturated heterocycles. The zero-order valence-electron chi connectivity index (χ0n) is 17.5. The van der Waals surface area contributed by atoms with Crippen molar-refractivity contribution in [3.05, 3.63) is 11.3 Å². The highest BCUT2D eigenvalue weighted by molar-refractivity contribution is 14.1. The third-order valence-electron chi connectivity index (χ3n) is 5.03. The molecule has 10 heteroatoms. The van der Waals surface area contributed by atoms with Gasteiger partial charge in [-0.15, -0.1) is 0 Å². The van der Waals surface area contributed by atoms with E-state index in [-0.39, 0.29) is 29.8 Å². The van der Waals surface area contributed by atoms with E-state index in [1.54, 1.807) is 25.8 Å². The molecule has 0 aromatic heterocycles. The zero-order chi connectivity index (χ0) is 22.1. The number of amides is 1. The monoisotopic (exact) mass is 523 g/mol. The van der Waals surface area contributed by atoms with Gasteiger partial charge >= 0.3 is 18.0 Å². The Labute approximate surface area is 184 Å². The normalized spacial score (nSPS) is 23.9. The number of nitrogens with zero attached hydrogens (tertiary/aromatic N) is 2. The molecule has 1 heterocycles. The van der Waals surface area contributed by atoms with E-state index < -0.39 is 27.2 Å². The molecule has 3 N–H and O–H groups in total. The highest BCUT2D eigenvalue weighted by Gasteiger charge is 2.54. The number of alkyl carbamates (subject to hydrolysis) is 1. The summed E-state index contributed by atoms with van der Waals surface area (Å²) in [7, 11) is 0. The first-order chi connectivity index (χ1) is 13.4. The number of carboxylic acid groups (broad SMARTS) is 2. The maximum Gasteiger partial charge on any atom is 0.407 e. The van der Waals surface area contributed by atoms with Gasteiger partial charge in [0.05, 0.1) is 12.6 Å². The summed E-state index contributed by atoms with van der Waals surface area (Å²) in [4.78, 5) is 36.4. The standard InChI is InChI=1S/C19H30IN3O6/c1-6-19(20)13(15(24)25)14(16(26)27)22(23(19)7-2)10-12(11-8-9-11)21-17(28)29-18(3,4)5/h11-12H,6-10H2,1-5H3,(H,21,28)(H,24,25)(H,26,27). The zero-order valence-corrected chi connectivity index (χ0v) is 19.6. The fraction of sp³-hybridized carbons (Fsp3) is 0.737. The van der Waals surface area contributed by atoms with Crippen molar-refractivity contribution in [2.75, 3.05) is 13.1 Å². The van der Waals surface area contributed by atoms with Crippen LogP contribution >= 0.6 is 22.6 Å². The molecule has 2 unspecified atom stereocenters. The number of hydrogen-bond donors (Lipinski definition) is 3. The van der Waals surface area contributed by atoms with Gasteiger partial charge in [0.25, 0.3) is 0 Å². The van der Waals surface area contributed by atoms with Crippen molar-refractivity contribution in [1.82, 2.24) is 15.3 Å². The number of rotatable bonds is 8. The molecule has 2 aliphatic rings. The third-order valence-corrected chi connectivity index (χ3v) is 6.88. The molecule has 9 nitrogen and oxygen atoms in total. The summed E-state index contributed by atoms with van der Waals surface area (Å²) in [6.07, 6.45) is 1.69. The molecule has 29 heavy (non-hydrogen) atoms. The van der Waals surface area contributed by atoms with Gasteiger partial charge < -0.3 is 20.3 Å². The summed E-state index contributed by atoms with van der Waals surface area (Å²) in [6, 6.07) is -0.348. The van der Waals surface area contributed by atoms with Crippen molar-refractivity contribution in [2.45, 2.75) is 69.1 Å². The molecule has 0 aromatic rings. The summed E-state index contributed by atoms with van der Waals surface area (Å²) >= 11 is 2.03. The van der Waals surface area contributed by atoms with E-state index >= 15 is 0 Å². The van der Waals surface area contributed by atoms with Crippen LogP contribution in [-0.2, 0) is 14.3 Å². The quantitative estimate of drug-likeness (QED) is 0.253. The number of aliphatic carboxylic acids is 2. The van der Waals surface area contributed by atoms with Gasteiger partial charge in [0, 0.05) is 6.54 Å². The molecule has 1 fully saturated rings. The smallest absolute Gasteiger partial charge is 0.407 e. The Kier molecular flexibility index (Phi) is 7.09. The van der Waals surface area contributed by atoms with Crippen molar-refractivity contribution in [3.8, 4) is 0 Å². The van der Waals surface area contributed by atoms with Gasteiger partial charge in [-0.1, -0.05) is 36.4 Å². The summed E-state index contributed by atoms with van der Waals surface area (Å²) in [6.45, 7) is 9.59. The van der Waals surface area contributed by atoms with E-state index in [2.05, 4.69) is 5.32 Å². The van der Waals surface area contributed by atoms with Crippen molar-refractivity contribution >= 4 is 40.6 Å². The van der Waals surface area contributed by atoms with Crippen LogP contribution in [0.25, 0.3) is 0 Å². The highest BCUT2D eigenvalue weighted by atomic mass is 127. The van der Waals surface area contributed by atoms with Gasteiger partial charge in [-0.25, -0.2) is 19.4 Å². The lowest BCUT2D eigenvalue weighted by atomic mass is 10.0. The topological polar surface area (TPSA) is 119 Å². The minimum Gasteiger partial charge on any atom is -0.478 e. The number of nitrogens with one attached hydrogen (secondary N) is 1. The Balaban J connectivity index is 2.37. The second-order valence-electron chi connectivity index (χ2n) is 8.33. The SMILES string of the molecule is CCN1N(CC(NC(=O)OC(C)(C)C)C2CC2)C(C(=O)O)=C(C(=O)O)C1(I)CC. The number of likely N-dealkylation sites (N-methyl/N-ethyl adjacent to an activating group) is 1. The maximum absolute atomic E-state index is 12.3. The van der Waals surface area contributed by atoms with Crippen LogP contribution in [0.4, 0.5) is 4.79 Å². The van der Waals surface area contributed by atoms with Crippen LogP contribution in [0.5, 0.6) is 0 Å². The van der Waals surface area contributed by atoms with Gasteiger partial charge in [-0.05, 0) is 46.0 Å². The van der Waals surface area contributed by atoms with Gasteiger partial charge in [0.2, 0.25) is 0 Å². The Morgan fingerprint density at radius 1 is 1.24 bits per heavy atom. The molecular formula is C19H30IN3O6. The number of halogens is 1. The summed E-state index contributed by atoms with van der Waals surface area (Å²) in [5, 5.41) is 25.8. The number of carbonyl (C=O) groups excluding carboxylic acids is 1. The van der Waals surface area contributed by atoms with E-state index in [0.29, 0.717) is 13.0 Å². The molecule has 2 rings (SSSR count). The molecule has 0 spiro atoms. The lowest BCUT2D eigenvalue weighted by Gasteiger charge is -2.40. The second kappa shape index (κ2) is 8.66. The van der Waals surface area contributed by atoms with Crippen LogP contribution in [-0.4, -0.2) is 66.5 Å². The van der Waals surface area contributed by atoms with E-state index in [1.165, 1.54) is 5.01 Å². The predicted molar refractivity (Wildman–Crippen MR) is 114 cm³/mol. The number of carboxylic acids is 2. The van der Waals surface area contributed by atoms with E-state index in [1.807, 2.05) is 36.4 Å². The molecule has 1 amide bonds. The first-order valence-electron chi connectivity index (χ1n) is 9.80. The van der Waals surface area contributed by atoms with Gasteiger partial charge in [-0.2, -0.15) is 0 Å². The van der Waals surface area contributed by atoms with Crippen LogP contribution in [0.2, 0.25) is 0 Å². The number of hydrogen-bond acceptors (Lipinski definition) is 6. The van der Waals surface area contributed by atoms with Crippen molar-refractivity contribution in [1.29, 1.82) is 0 Å². The van der Waals surface area contributed by atoms with E-state index in [9.17, 15) is 24.6 Å². The Morgan fingerprint density at radius 3 is 2.21 bits per heavy atom. The summed E-state index contributed by atoms with van der Waals surface area (Å²) < 4.78 is 4.37. The summed E-state index contributed by atoms with van der Waals surface area (Å²) in [5.74, 6) is -2.34. The highest BCUT2D eigenvalue weighted by Crippen LogP contribution is 2.46. The maximum atomic E-state index is 12.3. The molecule has 0 bridgehead atoms. The number of ether oxygens (including phenoxy) is 1. The van der Waals surface area contributed by atoms with Crippen molar-refractivity contribution < 1.29 is 29.3 Å². The fourth-order valence-corrected chi connectivity index (χ4v) is 4.75. The predicted octanol–water partition coefficient (Wildman–Crippen LogP) is 2.81.